The number of ether oxygens (including phenoxy) is 1. The first-order valence-electron chi connectivity index (χ1n) is 13.5. The summed E-state index contributed by atoms with van der Waals surface area (Å²) >= 11 is 0. The third-order valence-corrected chi connectivity index (χ3v) is 6.92. The van der Waals surface area contributed by atoms with E-state index < -0.39 is 24.0 Å². The van der Waals surface area contributed by atoms with E-state index in [0.717, 1.165) is 22.0 Å². The van der Waals surface area contributed by atoms with E-state index >= 15 is 0 Å². The molecule has 2 aromatic carbocycles. The van der Waals surface area contributed by atoms with Gasteiger partial charge in [-0.25, -0.2) is 9.78 Å². The van der Waals surface area contributed by atoms with E-state index in [4.69, 9.17) is 9.15 Å². The zero-order chi connectivity index (χ0) is 29.7. The third-order valence-electron chi connectivity index (χ3n) is 6.92. The zero-order valence-corrected chi connectivity index (χ0v) is 23.9. The van der Waals surface area contributed by atoms with Gasteiger partial charge in [0, 0.05) is 30.6 Å². The van der Waals surface area contributed by atoms with E-state index in [-0.39, 0.29) is 35.6 Å². The number of carbonyl (C=O) groups is 3. The lowest BCUT2D eigenvalue weighted by Gasteiger charge is -2.23. The zero-order valence-electron chi connectivity index (χ0n) is 23.9. The number of aryl methyl sites for hydroxylation is 2. The number of fused-ring (bicyclic) bond motifs is 1. The highest BCUT2D eigenvalue weighted by Crippen LogP contribution is 2.27. The molecule has 0 saturated carbocycles. The third kappa shape index (κ3) is 7.13. The smallest absolute Gasteiger partial charge is 0.358 e. The average molecular weight is 561 g/mol. The Hall–Kier alpha value is -4.60. The molecule has 0 saturated heterocycles. The second kappa shape index (κ2) is 12.7. The minimum Gasteiger partial charge on any atom is -0.497 e. The number of hydrogen-bond donors (Lipinski definition) is 3. The molecule has 41 heavy (non-hydrogen) atoms. The van der Waals surface area contributed by atoms with Gasteiger partial charge in [-0.3, -0.25) is 9.59 Å². The standard InChI is InChI=1S/C31H36N4O6/c1-18(2)14-24(32-27(36)15-20-10-12-22(40-5)13-11-20)29(37)33-25(30-34-28(31(38)39)19(3)41-30)16-21-17-35(4)26-9-7-6-8-23(21)26/h6-13,17-18,24-25H,14-16H2,1-5H3,(H,32,36)(H,33,37)(H,38,39). The van der Waals surface area contributed by atoms with E-state index in [1.54, 1.807) is 31.4 Å². The Balaban J connectivity index is 1.59. The number of aromatic nitrogens is 2. The summed E-state index contributed by atoms with van der Waals surface area (Å²) in [4.78, 5) is 42.5. The Kier molecular flexibility index (Phi) is 9.11. The van der Waals surface area contributed by atoms with Gasteiger partial charge in [0.2, 0.25) is 17.7 Å². The van der Waals surface area contributed by atoms with Crippen LogP contribution in [0.15, 0.2) is 59.1 Å². The van der Waals surface area contributed by atoms with Crippen molar-refractivity contribution in [2.24, 2.45) is 13.0 Å². The predicted octanol–water partition coefficient (Wildman–Crippen LogP) is 4.36. The molecule has 2 amide bonds. The van der Waals surface area contributed by atoms with Crippen LogP contribution in [0.2, 0.25) is 0 Å². The summed E-state index contributed by atoms with van der Waals surface area (Å²) in [5.41, 5.74) is 2.54. The highest BCUT2D eigenvalue weighted by atomic mass is 16.5. The second-order valence-electron chi connectivity index (χ2n) is 10.6. The molecule has 0 spiro atoms. The van der Waals surface area contributed by atoms with Gasteiger partial charge in [-0.2, -0.15) is 0 Å². The Morgan fingerprint density at radius 3 is 2.41 bits per heavy atom. The van der Waals surface area contributed by atoms with Crippen molar-refractivity contribution in [1.29, 1.82) is 0 Å². The summed E-state index contributed by atoms with van der Waals surface area (Å²) < 4.78 is 12.9. The Labute approximate surface area is 238 Å². The van der Waals surface area contributed by atoms with Crippen molar-refractivity contribution >= 4 is 28.7 Å². The molecular weight excluding hydrogens is 524 g/mol. The topological polar surface area (TPSA) is 136 Å². The molecule has 216 valence electrons. The molecule has 0 aliphatic rings. The van der Waals surface area contributed by atoms with Crippen molar-refractivity contribution in [2.75, 3.05) is 7.11 Å². The number of rotatable bonds is 12. The first-order valence-corrected chi connectivity index (χ1v) is 13.5. The SMILES string of the molecule is COc1ccc(CC(=O)NC(CC(C)C)C(=O)NC(Cc2cn(C)c3ccccc23)c2nc(C(=O)O)c(C)o2)cc1. The number of benzene rings is 2. The van der Waals surface area contributed by atoms with Crippen LogP contribution in [0.4, 0.5) is 0 Å². The maximum absolute atomic E-state index is 13.7. The van der Waals surface area contributed by atoms with Crippen molar-refractivity contribution in [2.45, 2.75) is 52.1 Å². The molecule has 4 rings (SSSR count). The summed E-state index contributed by atoms with van der Waals surface area (Å²) in [6.45, 7) is 5.47. The summed E-state index contributed by atoms with van der Waals surface area (Å²) in [5, 5.41) is 16.4. The van der Waals surface area contributed by atoms with Crippen LogP contribution >= 0.6 is 0 Å². The van der Waals surface area contributed by atoms with Crippen LogP contribution in [0.1, 0.15) is 59.6 Å². The fourth-order valence-electron chi connectivity index (χ4n) is 4.92. The molecule has 0 aliphatic carbocycles. The quantitative estimate of drug-likeness (QED) is 0.234. The van der Waals surface area contributed by atoms with Gasteiger partial charge in [0.15, 0.2) is 5.69 Å². The fraction of sp³-hybridized carbons (Fsp3) is 0.355. The molecule has 10 heteroatoms. The molecule has 10 nitrogen and oxygen atoms in total. The van der Waals surface area contributed by atoms with Gasteiger partial charge in [-0.15, -0.1) is 0 Å². The average Bonchev–Trinajstić information content (AvgIpc) is 3.48. The molecule has 0 aliphatic heterocycles. The van der Waals surface area contributed by atoms with Crippen LogP contribution in [-0.4, -0.2) is 45.6 Å². The first kappa shape index (κ1) is 29.4. The Morgan fingerprint density at radius 1 is 1.07 bits per heavy atom. The largest absolute Gasteiger partial charge is 0.497 e. The number of carbonyl (C=O) groups excluding carboxylic acids is 2. The minimum absolute atomic E-state index is 0.0917. The molecule has 0 bridgehead atoms. The first-order chi connectivity index (χ1) is 19.5. The van der Waals surface area contributed by atoms with E-state index in [9.17, 15) is 19.5 Å². The lowest BCUT2D eigenvalue weighted by molar-refractivity contribution is -0.129. The van der Waals surface area contributed by atoms with Crippen LogP contribution in [0.3, 0.4) is 0 Å². The molecule has 0 fully saturated rings. The summed E-state index contributed by atoms with van der Waals surface area (Å²) in [6, 6.07) is 13.5. The maximum atomic E-state index is 13.7. The van der Waals surface area contributed by atoms with Crippen LogP contribution in [0, 0.1) is 12.8 Å². The maximum Gasteiger partial charge on any atom is 0.358 e. The molecular formula is C31H36N4O6. The Bertz CT molecular complexity index is 1540. The van der Waals surface area contributed by atoms with Gasteiger partial charge in [0.25, 0.3) is 0 Å². The Morgan fingerprint density at radius 2 is 1.78 bits per heavy atom. The van der Waals surface area contributed by atoms with Gasteiger partial charge < -0.3 is 29.5 Å². The molecule has 0 radical (unpaired) electrons. The number of oxazole rings is 1. The summed E-state index contributed by atoms with van der Waals surface area (Å²) in [5.74, 6) is -0.856. The second-order valence-corrected chi connectivity index (χ2v) is 10.6. The predicted molar refractivity (Wildman–Crippen MR) is 154 cm³/mol. The van der Waals surface area contributed by atoms with Gasteiger partial charge in [-0.05, 0) is 48.6 Å². The lowest BCUT2D eigenvalue weighted by Crippen LogP contribution is -2.49. The van der Waals surface area contributed by atoms with Crippen molar-refractivity contribution in [3.63, 3.8) is 0 Å². The number of carboxylic acid groups (broad SMARTS) is 1. The van der Waals surface area contributed by atoms with Crippen LogP contribution in [0.5, 0.6) is 5.75 Å². The molecule has 2 atom stereocenters. The normalized spacial score (nSPS) is 12.7. The van der Waals surface area contributed by atoms with E-state index in [1.807, 2.05) is 55.9 Å². The van der Waals surface area contributed by atoms with E-state index in [1.165, 1.54) is 6.92 Å². The fourth-order valence-corrected chi connectivity index (χ4v) is 4.92. The van der Waals surface area contributed by atoms with Crippen LogP contribution in [-0.2, 0) is 29.5 Å². The van der Waals surface area contributed by atoms with Gasteiger partial charge in [0.1, 0.15) is 23.6 Å². The molecule has 3 N–H and O–H groups in total. The number of nitrogens with one attached hydrogen (secondary N) is 2. The summed E-state index contributed by atoms with van der Waals surface area (Å²) in [7, 11) is 3.51. The number of carboxylic acids is 1. The van der Waals surface area contributed by atoms with Crippen LogP contribution in [0.25, 0.3) is 10.9 Å². The number of methoxy groups -OCH3 is 1. The van der Waals surface area contributed by atoms with Gasteiger partial charge in [0.05, 0.1) is 13.5 Å². The number of para-hydroxylation sites is 1. The van der Waals surface area contributed by atoms with Gasteiger partial charge >= 0.3 is 5.97 Å². The monoisotopic (exact) mass is 560 g/mol. The lowest BCUT2D eigenvalue weighted by atomic mass is 10.0. The minimum atomic E-state index is -1.21. The summed E-state index contributed by atoms with van der Waals surface area (Å²) in [6.07, 6.45) is 2.79. The molecule has 2 unspecified atom stereocenters. The number of amides is 2. The number of nitrogens with zero attached hydrogens (tertiary/aromatic N) is 2. The molecule has 2 heterocycles. The van der Waals surface area contributed by atoms with Crippen molar-refractivity contribution < 1.29 is 28.6 Å². The number of aromatic carboxylic acids is 1. The van der Waals surface area contributed by atoms with E-state index in [2.05, 4.69) is 15.6 Å². The van der Waals surface area contributed by atoms with Crippen molar-refractivity contribution in [1.82, 2.24) is 20.2 Å². The van der Waals surface area contributed by atoms with Crippen molar-refractivity contribution in [3.05, 3.63) is 83.2 Å². The van der Waals surface area contributed by atoms with Gasteiger partial charge in [-0.1, -0.05) is 44.2 Å². The van der Waals surface area contributed by atoms with E-state index in [0.29, 0.717) is 18.6 Å². The van der Waals surface area contributed by atoms with Crippen LogP contribution < -0.4 is 15.4 Å². The van der Waals surface area contributed by atoms with Crippen molar-refractivity contribution in [3.8, 4) is 5.75 Å². The molecule has 2 aromatic heterocycles. The number of hydrogen-bond acceptors (Lipinski definition) is 6. The highest BCUT2D eigenvalue weighted by Gasteiger charge is 2.29. The molecule has 4 aromatic rings. The highest BCUT2D eigenvalue weighted by molar-refractivity contribution is 5.89.